The summed E-state index contributed by atoms with van der Waals surface area (Å²) in [5.74, 6) is -0.622. The van der Waals surface area contributed by atoms with Gasteiger partial charge in [-0.15, -0.1) is 26.9 Å². The van der Waals surface area contributed by atoms with Crippen molar-refractivity contribution in [3.8, 4) is 0 Å². The molecule has 17 heteroatoms. The minimum Gasteiger partial charge on any atom is -0.469 e. The van der Waals surface area contributed by atoms with E-state index in [-0.39, 0.29) is 24.1 Å². The number of halogens is 1. The first-order valence-corrected chi connectivity index (χ1v) is 15.8. The van der Waals surface area contributed by atoms with Crippen LogP contribution in [-0.2, 0) is 57.2 Å². The van der Waals surface area contributed by atoms with Crippen molar-refractivity contribution in [1.82, 2.24) is 49.8 Å². The molecule has 0 unspecified atom stereocenters. The number of aryl methyl sites for hydroxylation is 2. The average Bonchev–Trinajstić information content (AvgIpc) is 3.89. The Morgan fingerprint density at radius 1 is 0.750 bits per heavy atom. The summed E-state index contributed by atoms with van der Waals surface area (Å²) in [5, 5.41) is 23.2. The van der Waals surface area contributed by atoms with Gasteiger partial charge in [-0.3, -0.25) is 9.78 Å². The lowest BCUT2D eigenvalue weighted by Crippen LogP contribution is -2.14. The molecule has 0 radical (unpaired) electrons. The Kier molecular flexibility index (Phi) is 13.5. The minimum atomic E-state index is -0.471. The molecule has 5 aromatic rings. The SMILES string of the molecule is COC(=O)Cc1ccccn1.COC(=O)c1nnn2c1CCCC2.COC(=O)c1nnn2ccccc12.ClCc1nnn2c1CCCC2. The molecule has 0 N–H and O–H groups in total. The fourth-order valence-corrected chi connectivity index (χ4v) is 5.07. The van der Waals surface area contributed by atoms with E-state index in [1.807, 2.05) is 22.9 Å². The highest BCUT2D eigenvalue weighted by Crippen LogP contribution is 2.17. The molecule has 0 aliphatic carbocycles. The number of pyridine rings is 2. The van der Waals surface area contributed by atoms with Gasteiger partial charge < -0.3 is 14.2 Å². The number of esters is 3. The third kappa shape index (κ3) is 9.40. The van der Waals surface area contributed by atoms with Crippen LogP contribution in [-0.4, -0.2) is 89.0 Å². The fourth-order valence-electron chi connectivity index (χ4n) is 4.86. The number of hydrogen-bond acceptors (Lipinski definition) is 13. The van der Waals surface area contributed by atoms with E-state index >= 15 is 0 Å². The summed E-state index contributed by atoms with van der Waals surface area (Å²) in [6.45, 7) is 1.87. The van der Waals surface area contributed by atoms with Crippen molar-refractivity contribution >= 4 is 35.0 Å². The normalized spacial score (nSPS) is 12.8. The van der Waals surface area contributed by atoms with Gasteiger partial charge >= 0.3 is 17.9 Å². The van der Waals surface area contributed by atoms with E-state index in [0.717, 1.165) is 55.9 Å². The minimum absolute atomic E-state index is 0.239. The molecular formula is C31H37ClN10O6. The molecule has 16 nitrogen and oxygen atoms in total. The molecule has 0 saturated heterocycles. The summed E-state index contributed by atoms with van der Waals surface area (Å²) >= 11 is 5.69. The largest absolute Gasteiger partial charge is 0.469 e. The third-order valence-corrected chi connectivity index (χ3v) is 7.56. The summed E-state index contributed by atoms with van der Waals surface area (Å²) in [6.07, 6.45) is 10.3. The first kappa shape index (κ1) is 35.6. The van der Waals surface area contributed by atoms with Crippen LogP contribution in [0.5, 0.6) is 0 Å². The first-order valence-electron chi connectivity index (χ1n) is 15.2. The summed E-state index contributed by atoms with van der Waals surface area (Å²) in [6, 6.07) is 10.8. The predicted octanol–water partition coefficient (Wildman–Crippen LogP) is 3.07. The Morgan fingerprint density at radius 2 is 1.40 bits per heavy atom. The highest BCUT2D eigenvalue weighted by molar-refractivity contribution is 6.16. The first-order chi connectivity index (χ1) is 23.4. The lowest BCUT2D eigenvalue weighted by atomic mass is 10.1. The third-order valence-electron chi connectivity index (χ3n) is 7.31. The summed E-state index contributed by atoms with van der Waals surface area (Å²) < 4.78 is 18.9. The molecule has 0 spiro atoms. The van der Waals surface area contributed by atoms with E-state index in [0.29, 0.717) is 17.1 Å². The van der Waals surface area contributed by atoms with Crippen molar-refractivity contribution < 1.29 is 28.6 Å². The predicted molar refractivity (Wildman–Crippen MR) is 171 cm³/mol. The van der Waals surface area contributed by atoms with Crippen LogP contribution in [0.3, 0.4) is 0 Å². The molecule has 0 bridgehead atoms. The Hall–Kier alpha value is -5.25. The highest BCUT2D eigenvalue weighted by atomic mass is 35.5. The molecule has 48 heavy (non-hydrogen) atoms. The van der Waals surface area contributed by atoms with Crippen molar-refractivity contribution in [2.24, 2.45) is 0 Å². The van der Waals surface area contributed by atoms with Gasteiger partial charge in [0.2, 0.25) is 0 Å². The molecule has 0 atom stereocenters. The fraction of sp³-hybridized carbons (Fsp3) is 0.419. The Morgan fingerprint density at radius 3 is 2.06 bits per heavy atom. The number of fused-ring (bicyclic) bond motifs is 3. The smallest absolute Gasteiger partial charge is 0.360 e. The van der Waals surface area contributed by atoms with E-state index in [4.69, 9.17) is 11.6 Å². The van der Waals surface area contributed by atoms with Gasteiger partial charge in [-0.1, -0.05) is 27.8 Å². The number of carbonyl (C=O) groups excluding carboxylic acids is 3. The van der Waals surface area contributed by atoms with Crippen molar-refractivity contribution in [2.75, 3.05) is 21.3 Å². The van der Waals surface area contributed by atoms with Crippen LogP contribution in [0.25, 0.3) is 5.52 Å². The molecule has 0 amide bonds. The van der Waals surface area contributed by atoms with Gasteiger partial charge in [0.25, 0.3) is 0 Å². The topological polar surface area (TPSA) is 183 Å². The van der Waals surface area contributed by atoms with Crippen LogP contribution in [0.2, 0.25) is 0 Å². The Bertz CT molecular complexity index is 1780. The van der Waals surface area contributed by atoms with Crippen molar-refractivity contribution in [1.29, 1.82) is 0 Å². The van der Waals surface area contributed by atoms with Crippen LogP contribution in [0.4, 0.5) is 0 Å². The van der Waals surface area contributed by atoms with Crippen molar-refractivity contribution in [3.05, 3.63) is 83.0 Å². The molecule has 7 heterocycles. The number of carbonyl (C=O) groups is 3. The number of ether oxygens (including phenoxy) is 3. The monoisotopic (exact) mass is 680 g/mol. The lowest BCUT2D eigenvalue weighted by molar-refractivity contribution is -0.139. The lowest BCUT2D eigenvalue weighted by Gasteiger charge is -2.11. The van der Waals surface area contributed by atoms with Gasteiger partial charge in [-0.25, -0.2) is 23.5 Å². The number of hydrogen-bond donors (Lipinski definition) is 0. The average molecular weight is 681 g/mol. The van der Waals surface area contributed by atoms with E-state index in [2.05, 4.69) is 50.1 Å². The number of alkyl halides is 1. The van der Waals surface area contributed by atoms with E-state index in [9.17, 15) is 14.4 Å². The van der Waals surface area contributed by atoms with Gasteiger partial charge in [-0.05, 0) is 62.8 Å². The van der Waals surface area contributed by atoms with E-state index < -0.39 is 5.97 Å². The van der Waals surface area contributed by atoms with Gasteiger partial charge in [-0.2, -0.15) is 0 Å². The molecular weight excluding hydrogens is 644 g/mol. The van der Waals surface area contributed by atoms with E-state index in [1.165, 1.54) is 44.4 Å². The van der Waals surface area contributed by atoms with Crippen molar-refractivity contribution in [3.63, 3.8) is 0 Å². The van der Waals surface area contributed by atoms with Gasteiger partial charge in [0.15, 0.2) is 11.4 Å². The molecule has 0 fully saturated rings. The summed E-state index contributed by atoms with van der Waals surface area (Å²) in [4.78, 5) is 37.0. The zero-order valence-electron chi connectivity index (χ0n) is 27.0. The molecule has 254 valence electrons. The highest BCUT2D eigenvalue weighted by Gasteiger charge is 2.22. The molecule has 2 aliphatic heterocycles. The zero-order valence-corrected chi connectivity index (χ0v) is 27.7. The Balaban J connectivity index is 0.000000145. The quantitative estimate of drug-likeness (QED) is 0.150. The van der Waals surface area contributed by atoms with Crippen LogP contribution >= 0.6 is 11.6 Å². The van der Waals surface area contributed by atoms with Gasteiger partial charge in [0.05, 0.1) is 50.7 Å². The summed E-state index contributed by atoms with van der Waals surface area (Å²) in [5.41, 5.74) is 5.12. The van der Waals surface area contributed by atoms with Crippen LogP contribution in [0.15, 0.2) is 48.8 Å². The number of aromatic nitrogens is 10. The molecule has 0 aromatic carbocycles. The number of rotatable bonds is 5. The summed E-state index contributed by atoms with van der Waals surface area (Å²) in [7, 11) is 4.04. The molecule has 2 aliphatic rings. The van der Waals surface area contributed by atoms with Gasteiger partial charge in [0.1, 0.15) is 11.2 Å². The maximum absolute atomic E-state index is 11.2. The second-order valence-corrected chi connectivity index (χ2v) is 10.7. The van der Waals surface area contributed by atoms with E-state index in [1.54, 1.807) is 35.3 Å². The Labute approximate surface area is 281 Å². The molecule has 5 aromatic heterocycles. The van der Waals surface area contributed by atoms with Crippen LogP contribution in [0.1, 0.15) is 69.4 Å². The van der Waals surface area contributed by atoms with Crippen molar-refractivity contribution in [2.45, 2.75) is 63.9 Å². The number of nitrogens with zero attached hydrogens (tertiary/aromatic N) is 10. The zero-order chi connectivity index (χ0) is 34.3. The van der Waals surface area contributed by atoms with Crippen LogP contribution in [0, 0.1) is 0 Å². The van der Waals surface area contributed by atoms with Gasteiger partial charge in [0, 0.05) is 25.5 Å². The maximum atomic E-state index is 11.2. The number of methoxy groups -OCH3 is 3. The molecule has 0 saturated carbocycles. The standard InChI is InChI=1S/C8H11N3O2.C8H7N3O2.C8H9NO2.C7H10ClN3/c2*1-13-8(12)7-6-4-2-3-5-11(6)10-9-7;1-11-8(10)6-7-4-2-3-5-9-7;8-5-6-7-3-1-2-4-11(7)10-9-6/h2-5H2,1H3;2-5H,1H3;2-5H,6H2,1H3;1-5H2. The molecule has 7 rings (SSSR count). The second kappa shape index (κ2) is 18.2. The second-order valence-electron chi connectivity index (χ2n) is 10.4. The van der Waals surface area contributed by atoms with Crippen LogP contribution < -0.4 is 0 Å². The maximum Gasteiger partial charge on any atom is 0.360 e.